The van der Waals surface area contributed by atoms with Crippen molar-refractivity contribution in [2.24, 2.45) is 5.73 Å². The van der Waals surface area contributed by atoms with Crippen LogP contribution < -0.4 is 22.6 Å². The third-order valence-corrected chi connectivity index (χ3v) is 4.33. The number of nitrogens with two attached hydrogens (primary N) is 1. The van der Waals surface area contributed by atoms with Gasteiger partial charge in [-0.3, -0.25) is 4.48 Å². The normalized spacial score (nSPS) is 13.4. The summed E-state index contributed by atoms with van der Waals surface area (Å²) >= 11 is 0. The average Bonchev–Trinajstić information content (AvgIpc) is 2.54. The fourth-order valence-corrected chi connectivity index (χ4v) is 3.17. The van der Waals surface area contributed by atoms with E-state index in [-0.39, 0.29) is 25.6 Å². The molecule has 4 N–H and O–H groups in total. The summed E-state index contributed by atoms with van der Waals surface area (Å²) in [5, 5.41) is 18.7. The molecule has 0 aliphatic carbocycles. The number of benzene rings is 1. The monoisotopic (exact) mass is 344 g/mol. The molecule has 0 saturated heterocycles. The van der Waals surface area contributed by atoms with Crippen molar-refractivity contribution in [3.05, 3.63) is 29.8 Å². The second-order valence-electron chi connectivity index (χ2n) is 6.03. The Bertz CT molecular complexity index is 393. The van der Waals surface area contributed by atoms with Crippen LogP contribution in [0.25, 0.3) is 0 Å². The lowest BCUT2D eigenvalue weighted by atomic mass is 10.1. The first-order chi connectivity index (χ1) is 10.7. The molecule has 0 bridgehead atoms. The molecule has 0 radical (unpaired) electrons. The minimum Gasteiger partial charge on any atom is -1.00 e. The smallest absolute Gasteiger partial charge is 0.132 e. The topological polar surface area (TPSA) is 66.5 Å². The third kappa shape index (κ3) is 7.19. The molecule has 1 aromatic carbocycles. The molecule has 4 nitrogen and oxygen atoms in total. The van der Waals surface area contributed by atoms with Crippen LogP contribution in [0.15, 0.2) is 24.3 Å². The molecular formula is C18H33ClN2O2. The standard InChI is InChI=1S/C18H33N2O2.ClH/c1-2-12-20(14-16-22,13-5-15-21)18-9-7-17(8-10-18)6-3-4-11-19;/h7-10,21-22H,2-6,11-16,19H2,1H3;1H/q+1;/p-1. The van der Waals surface area contributed by atoms with E-state index in [4.69, 9.17) is 5.73 Å². The summed E-state index contributed by atoms with van der Waals surface area (Å²) < 4.78 is 0.761. The number of hydrogen-bond donors (Lipinski definition) is 3. The lowest BCUT2D eigenvalue weighted by Gasteiger charge is -2.38. The maximum Gasteiger partial charge on any atom is 0.132 e. The Morgan fingerprint density at radius 3 is 2.13 bits per heavy atom. The van der Waals surface area contributed by atoms with E-state index in [1.165, 1.54) is 11.3 Å². The van der Waals surface area contributed by atoms with Gasteiger partial charge < -0.3 is 28.4 Å². The lowest BCUT2D eigenvalue weighted by Crippen LogP contribution is -3.00. The van der Waals surface area contributed by atoms with Gasteiger partial charge in [-0.05, 0) is 49.9 Å². The van der Waals surface area contributed by atoms with Crippen LogP contribution in [0.3, 0.4) is 0 Å². The van der Waals surface area contributed by atoms with E-state index in [0.717, 1.165) is 56.2 Å². The zero-order valence-electron chi connectivity index (χ0n) is 14.4. The van der Waals surface area contributed by atoms with E-state index in [1.807, 2.05) is 0 Å². The Morgan fingerprint density at radius 2 is 1.61 bits per heavy atom. The molecule has 0 fully saturated rings. The first-order valence-corrected chi connectivity index (χ1v) is 8.60. The quantitative estimate of drug-likeness (QED) is 0.339. The summed E-state index contributed by atoms with van der Waals surface area (Å²) in [6.45, 7) is 5.87. The summed E-state index contributed by atoms with van der Waals surface area (Å²) in [7, 11) is 0. The van der Waals surface area contributed by atoms with Crippen LogP contribution in [0.4, 0.5) is 5.69 Å². The number of aliphatic hydroxyl groups excluding tert-OH is 2. The second-order valence-corrected chi connectivity index (χ2v) is 6.03. The summed E-state index contributed by atoms with van der Waals surface area (Å²) in [6.07, 6.45) is 5.09. The molecule has 0 aromatic heterocycles. The van der Waals surface area contributed by atoms with Crippen molar-refractivity contribution in [3.63, 3.8) is 0 Å². The SMILES string of the molecule is CCC[N+](CCO)(CCCO)c1ccc(CCCCN)cc1.[Cl-]. The van der Waals surface area contributed by atoms with Crippen LogP contribution in [0.1, 0.15) is 38.2 Å². The first-order valence-electron chi connectivity index (χ1n) is 8.60. The number of unbranched alkanes of at least 4 members (excludes halogenated alkanes) is 1. The highest BCUT2D eigenvalue weighted by Gasteiger charge is 2.28. The maximum absolute atomic E-state index is 9.50. The second kappa shape index (κ2) is 12.7. The fraction of sp³-hybridized carbons (Fsp3) is 0.667. The van der Waals surface area contributed by atoms with Crippen LogP contribution in [0, 0.1) is 0 Å². The minimum atomic E-state index is 0. The Balaban J connectivity index is 0.00000484. The molecule has 0 spiro atoms. The maximum atomic E-state index is 9.50. The number of aliphatic hydroxyl groups is 2. The van der Waals surface area contributed by atoms with E-state index in [2.05, 4.69) is 31.2 Å². The number of hydrogen-bond acceptors (Lipinski definition) is 3. The summed E-state index contributed by atoms with van der Waals surface area (Å²) in [6, 6.07) is 8.79. The Morgan fingerprint density at radius 1 is 0.913 bits per heavy atom. The van der Waals surface area contributed by atoms with Gasteiger partial charge in [0.15, 0.2) is 0 Å². The van der Waals surface area contributed by atoms with E-state index >= 15 is 0 Å². The van der Waals surface area contributed by atoms with Gasteiger partial charge in [0, 0.05) is 13.0 Å². The van der Waals surface area contributed by atoms with Crippen molar-refractivity contribution in [2.75, 3.05) is 39.4 Å². The number of quaternary nitrogens is 1. The van der Waals surface area contributed by atoms with Gasteiger partial charge in [-0.2, -0.15) is 0 Å². The number of nitrogens with zero attached hydrogens (tertiary/aromatic N) is 1. The number of halogens is 1. The van der Waals surface area contributed by atoms with Crippen LogP contribution in [-0.4, -0.2) is 49.6 Å². The Kier molecular flexibility index (Phi) is 12.4. The van der Waals surface area contributed by atoms with Gasteiger partial charge in [0.05, 0.1) is 19.7 Å². The van der Waals surface area contributed by atoms with Crippen molar-refractivity contribution < 1.29 is 22.6 Å². The van der Waals surface area contributed by atoms with Crippen molar-refractivity contribution in [2.45, 2.75) is 39.0 Å². The van der Waals surface area contributed by atoms with Gasteiger partial charge in [-0.25, -0.2) is 0 Å². The fourth-order valence-electron chi connectivity index (χ4n) is 3.17. The first kappa shape index (κ1) is 22.4. The molecule has 0 heterocycles. The predicted octanol–water partition coefficient (Wildman–Crippen LogP) is -0.936. The van der Waals surface area contributed by atoms with Gasteiger partial charge in [0.2, 0.25) is 0 Å². The van der Waals surface area contributed by atoms with Crippen molar-refractivity contribution in [1.29, 1.82) is 0 Å². The molecule has 0 saturated carbocycles. The summed E-state index contributed by atoms with van der Waals surface area (Å²) in [5.74, 6) is 0. The highest BCUT2D eigenvalue weighted by Crippen LogP contribution is 2.25. The highest BCUT2D eigenvalue weighted by atomic mass is 35.5. The van der Waals surface area contributed by atoms with Crippen LogP contribution in [0.2, 0.25) is 0 Å². The summed E-state index contributed by atoms with van der Waals surface area (Å²) in [4.78, 5) is 0. The van der Waals surface area contributed by atoms with E-state index in [9.17, 15) is 10.2 Å². The molecule has 1 aromatic rings. The zero-order valence-corrected chi connectivity index (χ0v) is 15.1. The van der Waals surface area contributed by atoms with E-state index in [0.29, 0.717) is 6.54 Å². The molecule has 0 aliphatic heterocycles. The van der Waals surface area contributed by atoms with Gasteiger partial charge in [-0.1, -0.05) is 19.1 Å². The summed E-state index contributed by atoms with van der Waals surface area (Å²) in [5.41, 5.74) is 8.13. The molecule has 134 valence electrons. The molecule has 1 atom stereocenters. The van der Waals surface area contributed by atoms with Gasteiger partial charge >= 0.3 is 0 Å². The molecule has 1 rings (SSSR count). The van der Waals surface area contributed by atoms with Crippen molar-refractivity contribution in [1.82, 2.24) is 4.48 Å². The van der Waals surface area contributed by atoms with Crippen molar-refractivity contribution in [3.8, 4) is 0 Å². The van der Waals surface area contributed by atoms with E-state index < -0.39 is 0 Å². The number of aryl methyl sites for hydroxylation is 1. The molecular weight excluding hydrogens is 312 g/mol. The van der Waals surface area contributed by atoms with Crippen LogP contribution in [-0.2, 0) is 6.42 Å². The van der Waals surface area contributed by atoms with E-state index in [1.54, 1.807) is 0 Å². The molecule has 0 aliphatic rings. The average molecular weight is 345 g/mol. The highest BCUT2D eigenvalue weighted by molar-refractivity contribution is 5.44. The third-order valence-electron chi connectivity index (χ3n) is 4.33. The lowest BCUT2D eigenvalue weighted by molar-refractivity contribution is -0.00000707. The van der Waals surface area contributed by atoms with Gasteiger partial charge in [-0.15, -0.1) is 0 Å². The Hall–Kier alpha value is -0.650. The number of rotatable bonds is 12. The van der Waals surface area contributed by atoms with Crippen LogP contribution in [0.5, 0.6) is 0 Å². The predicted molar refractivity (Wildman–Crippen MR) is 93.9 cm³/mol. The zero-order chi connectivity index (χ0) is 16.3. The molecule has 0 amide bonds. The molecule has 1 unspecified atom stereocenters. The van der Waals surface area contributed by atoms with Gasteiger partial charge in [0.25, 0.3) is 0 Å². The minimum absolute atomic E-state index is 0. The molecule has 5 heteroatoms. The van der Waals surface area contributed by atoms with Crippen LogP contribution >= 0.6 is 0 Å². The van der Waals surface area contributed by atoms with Gasteiger partial charge in [0.1, 0.15) is 12.2 Å². The largest absolute Gasteiger partial charge is 1.00 e. The molecule has 23 heavy (non-hydrogen) atoms. The van der Waals surface area contributed by atoms with Crippen molar-refractivity contribution >= 4 is 5.69 Å². The Labute approximate surface area is 147 Å².